The molecule has 0 saturated carbocycles. The maximum Gasteiger partial charge on any atom is 0.272 e. The molecule has 0 aliphatic carbocycles. The summed E-state index contributed by atoms with van der Waals surface area (Å²) in [5.41, 5.74) is 1.48. The van der Waals surface area contributed by atoms with E-state index in [1.807, 2.05) is 6.07 Å². The predicted molar refractivity (Wildman–Crippen MR) is 158 cm³/mol. The maximum absolute atomic E-state index is 13.4. The van der Waals surface area contributed by atoms with Gasteiger partial charge >= 0.3 is 0 Å². The highest BCUT2D eigenvalue weighted by Crippen LogP contribution is 2.27. The van der Waals surface area contributed by atoms with Crippen molar-refractivity contribution in [3.05, 3.63) is 101 Å². The predicted octanol–water partition coefficient (Wildman–Crippen LogP) is 5.30. The lowest BCUT2D eigenvalue weighted by Gasteiger charge is -2.13. The number of aromatic nitrogens is 1. The van der Waals surface area contributed by atoms with E-state index < -0.39 is 11.8 Å². The monoisotopic (exact) mass is 574 g/mol. The number of hydrogen-bond donors (Lipinski definition) is 3. The molecule has 0 spiro atoms. The number of methoxy groups -OCH3 is 2. The first-order chi connectivity index (χ1) is 19.4. The van der Waals surface area contributed by atoms with Crippen molar-refractivity contribution in [3.8, 4) is 11.5 Å². The van der Waals surface area contributed by atoms with Crippen LogP contribution >= 0.6 is 23.1 Å². The van der Waals surface area contributed by atoms with Crippen molar-refractivity contribution in [1.29, 1.82) is 0 Å². The summed E-state index contributed by atoms with van der Waals surface area (Å²) >= 11 is 2.66. The molecule has 0 atom stereocenters. The third-order valence-electron chi connectivity index (χ3n) is 5.41. The second-order valence-electron chi connectivity index (χ2n) is 8.14. The van der Waals surface area contributed by atoms with Gasteiger partial charge in [-0.05, 0) is 48.5 Å². The molecule has 3 N–H and O–H groups in total. The fraction of sp³-hybridized carbons (Fsp3) is 0.103. The van der Waals surface area contributed by atoms with Gasteiger partial charge in [0.25, 0.3) is 11.8 Å². The van der Waals surface area contributed by atoms with Crippen LogP contribution in [0.5, 0.6) is 11.5 Å². The normalized spacial score (nSPS) is 10.9. The Morgan fingerprint density at radius 3 is 2.50 bits per heavy atom. The van der Waals surface area contributed by atoms with Gasteiger partial charge in [-0.25, -0.2) is 4.98 Å². The van der Waals surface area contributed by atoms with Crippen LogP contribution in [0.15, 0.2) is 95.0 Å². The average Bonchev–Trinajstić information content (AvgIpc) is 3.49. The summed E-state index contributed by atoms with van der Waals surface area (Å²) in [5, 5.41) is 10.6. The molecule has 204 valence electrons. The molecule has 11 heteroatoms. The highest BCUT2D eigenvalue weighted by atomic mass is 32.2. The van der Waals surface area contributed by atoms with Crippen LogP contribution in [-0.4, -0.2) is 42.7 Å². The van der Waals surface area contributed by atoms with Crippen LogP contribution in [0.4, 0.5) is 10.8 Å². The summed E-state index contributed by atoms with van der Waals surface area (Å²) in [6.45, 7) is 0. The Bertz CT molecular complexity index is 1510. The van der Waals surface area contributed by atoms with E-state index in [-0.39, 0.29) is 17.4 Å². The molecule has 3 aromatic carbocycles. The molecular weight excluding hydrogens is 548 g/mol. The minimum atomic E-state index is -0.536. The molecule has 4 aromatic rings. The van der Waals surface area contributed by atoms with Gasteiger partial charge in [-0.3, -0.25) is 14.4 Å². The first kappa shape index (κ1) is 28.4. The van der Waals surface area contributed by atoms with Gasteiger partial charge in [0.2, 0.25) is 5.91 Å². The van der Waals surface area contributed by atoms with Gasteiger partial charge in [0.05, 0.1) is 20.0 Å². The van der Waals surface area contributed by atoms with Crippen molar-refractivity contribution in [1.82, 2.24) is 10.3 Å². The number of nitrogens with zero attached hydrogens (tertiary/aromatic N) is 1. The summed E-state index contributed by atoms with van der Waals surface area (Å²) in [6, 6.07) is 20.8. The number of anilines is 2. The van der Waals surface area contributed by atoms with E-state index in [4.69, 9.17) is 9.47 Å². The average molecular weight is 575 g/mol. The lowest BCUT2D eigenvalue weighted by molar-refractivity contribution is -0.114. The zero-order chi connectivity index (χ0) is 28.3. The molecule has 1 aromatic heterocycles. The number of carbonyl (C=O) groups is 3. The molecule has 3 amide bonds. The standard InChI is InChI=1S/C29H26N4O5S2/c1-37-22-12-11-20(25(17-22)38-2)15-24(32-27(35)19-7-4-3-5-8-19)28(36)31-21-9-6-10-23(16-21)40-18-26(34)33-29-30-13-14-39-29/h3-17H,18H2,1-2H3,(H,31,36)(H,32,35)(H,30,33,34)/b24-15+. The van der Waals surface area contributed by atoms with Crippen molar-refractivity contribution in [2.24, 2.45) is 0 Å². The van der Waals surface area contributed by atoms with Crippen molar-refractivity contribution < 1.29 is 23.9 Å². The molecule has 0 aliphatic rings. The minimum absolute atomic E-state index is 0.0122. The lowest BCUT2D eigenvalue weighted by atomic mass is 10.1. The van der Waals surface area contributed by atoms with E-state index >= 15 is 0 Å². The Morgan fingerprint density at radius 1 is 0.950 bits per heavy atom. The number of ether oxygens (including phenoxy) is 2. The zero-order valence-electron chi connectivity index (χ0n) is 21.7. The first-order valence-corrected chi connectivity index (χ1v) is 13.9. The molecule has 4 rings (SSSR count). The van der Waals surface area contributed by atoms with Crippen LogP contribution in [0.2, 0.25) is 0 Å². The van der Waals surface area contributed by atoms with Gasteiger partial charge in [0, 0.05) is 39.4 Å². The Kier molecular flexibility index (Phi) is 9.92. The summed E-state index contributed by atoms with van der Waals surface area (Å²) in [7, 11) is 3.05. The van der Waals surface area contributed by atoms with E-state index in [9.17, 15) is 14.4 Å². The third-order valence-corrected chi connectivity index (χ3v) is 7.09. The molecule has 0 aliphatic heterocycles. The van der Waals surface area contributed by atoms with Crippen molar-refractivity contribution >= 4 is 57.7 Å². The molecule has 0 unspecified atom stereocenters. The zero-order valence-corrected chi connectivity index (χ0v) is 23.3. The van der Waals surface area contributed by atoms with Gasteiger partial charge in [0.1, 0.15) is 17.2 Å². The lowest BCUT2D eigenvalue weighted by Crippen LogP contribution is -2.30. The molecule has 0 fully saturated rings. The Labute approximate surface area is 239 Å². The molecule has 40 heavy (non-hydrogen) atoms. The smallest absolute Gasteiger partial charge is 0.272 e. The Morgan fingerprint density at radius 2 is 1.77 bits per heavy atom. The number of rotatable bonds is 11. The van der Waals surface area contributed by atoms with E-state index in [0.29, 0.717) is 33.4 Å². The van der Waals surface area contributed by atoms with Crippen molar-refractivity contribution in [2.75, 3.05) is 30.6 Å². The summed E-state index contributed by atoms with van der Waals surface area (Å²) in [5.74, 6) is 0.0653. The number of thiazole rings is 1. The van der Waals surface area contributed by atoms with Crippen molar-refractivity contribution in [2.45, 2.75) is 4.90 Å². The molecule has 9 nitrogen and oxygen atoms in total. The number of benzene rings is 3. The molecule has 0 saturated heterocycles. The van der Waals surface area contributed by atoms with Gasteiger partial charge in [-0.1, -0.05) is 24.3 Å². The third kappa shape index (κ3) is 7.95. The topological polar surface area (TPSA) is 119 Å². The molecule has 1 heterocycles. The Hall–Kier alpha value is -4.61. The fourth-order valence-corrected chi connectivity index (χ4v) is 4.79. The summed E-state index contributed by atoms with van der Waals surface area (Å²) in [6.07, 6.45) is 3.16. The van der Waals surface area contributed by atoms with Crippen LogP contribution in [0, 0.1) is 0 Å². The number of thioether (sulfide) groups is 1. The molecule has 0 bridgehead atoms. The van der Waals surface area contributed by atoms with E-state index in [1.54, 1.807) is 85.4 Å². The number of amides is 3. The van der Waals surface area contributed by atoms with Crippen LogP contribution < -0.4 is 25.4 Å². The quantitative estimate of drug-likeness (QED) is 0.164. The van der Waals surface area contributed by atoms with Gasteiger partial charge in [-0.2, -0.15) is 0 Å². The molecular formula is C29H26N4O5S2. The van der Waals surface area contributed by atoms with Gasteiger partial charge < -0.3 is 25.4 Å². The highest BCUT2D eigenvalue weighted by molar-refractivity contribution is 8.00. The van der Waals surface area contributed by atoms with E-state index in [0.717, 1.165) is 4.90 Å². The van der Waals surface area contributed by atoms with E-state index in [2.05, 4.69) is 20.9 Å². The van der Waals surface area contributed by atoms with Gasteiger partial charge in [-0.15, -0.1) is 23.1 Å². The summed E-state index contributed by atoms with van der Waals surface area (Å²) < 4.78 is 10.7. The van der Waals surface area contributed by atoms with Crippen molar-refractivity contribution in [3.63, 3.8) is 0 Å². The number of nitrogens with one attached hydrogen (secondary N) is 3. The first-order valence-electron chi connectivity index (χ1n) is 12.0. The highest BCUT2D eigenvalue weighted by Gasteiger charge is 2.17. The summed E-state index contributed by atoms with van der Waals surface area (Å²) in [4.78, 5) is 43.4. The minimum Gasteiger partial charge on any atom is -0.497 e. The largest absolute Gasteiger partial charge is 0.497 e. The SMILES string of the molecule is COc1ccc(/C=C(/NC(=O)c2ccccc2)C(=O)Nc2cccc(SCC(=O)Nc3nccs3)c2)c(OC)c1. The van der Waals surface area contributed by atoms with Gasteiger partial charge in [0.15, 0.2) is 5.13 Å². The van der Waals surface area contributed by atoms with Crippen LogP contribution in [0.25, 0.3) is 6.08 Å². The Balaban J connectivity index is 1.52. The van der Waals surface area contributed by atoms with Crippen LogP contribution in [0.1, 0.15) is 15.9 Å². The molecule has 0 radical (unpaired) electrons. The maximum atomic E-state index is 13.4. The second-order valence-corrected chi connectivity index (χ2v) is 10.1. The number of carbonyl (C=O) groups excluding carboxylic acids is 3. The van der Waals surface area contributed by atoms with E-state index in [1.165, 1.54) is 36.3 Å². The number of hydrogen-bond acceptors (Lipinski definition) is 8. The van der Waals surface area contributed by atoms with Crippen LogP contribution in [0.3, 0.4) is 0 Å². The second kappa shape index (κ2) is 14.0. The fourth-order valence-electron chi connectivity index (χ4n) is 3.49. The van der Waals surface area contributed by atoms with Crippen LogP contribution in [-0.2, 0) is 9.59 Å².